The van der Waals surface area contributed by atoms with E-state index in [-0.39, 0.29) is 5.91 Å². The van der Waals surface area contributed by atoms with Crippen LogP contribution >= 0.6 is 0 Å². The Balaban J connectivity index is 1.98. The SMILES string of the molecule is COc1cc(NCCC(=O)Nc2c(C)cccc2C)cc(OC)c1OC. The number of anilines is 2. The van der Waals surface area contributed by atoms with Crippen LogP contribution in [-0.2, 0) is 4.79 Å². The zero-order chi connectivity index (χ0) is 19.1. The van der Waals surface area contributed by atoms with Crippen molar-refractivity contribution in [2.75, 3.05) is 38.5 Å². The van der Waals surface area contributed by atoms with Crippen molar-refractivity contribution in [3.8, 4) is 17.2 Å². The summed E-state index contributed by atoms with van der Waals surface area (Å²) in [6, 6.07) is 9.56. The van der Waals surface area contributed by atoms with Crippen molar-refractivity contribution < 1.29 is 19.0 Å². The van der Waals surface area contributed by atoms with Gasteiger partial charge < -0.3 is 24.8 Å². The molecule has 2 aromatic rings. The number of hydrogen-bond donors (Lipinski definition) is 2. The molecule has 2 N–H and O–H groups in total. The molecule has 0 atom stereocenters. The Labute approximate surface area is 154 Å². The third-order valence-electron chi connectivity index (χ3n) is 4.09. The molecule has 0 heterocycles. The second-order valence-electron chi connectivity index (χ2n) is 5.91. The van der Waals surface area contributed by atoms with E-state index in [1.54, 1.807) is 21.3 Å². The second-order valence-corrected chi connectivity index (χ2v) is 5.91. The quantitative estimate of drug-likeness (QED) is 0.752. The standard InChI is InChI=1S/C20H26N2O4/c1-13-7-6-8-14(2)19(13)22-18(23)9-10-21-15-11-16(24-3)20(26-5)17(12-15)25-4/h6-8,11-12,21H,9-10H2,1-5H3,(H,22,23). The van der Waals surface area contributed by atoms with Crippen molar-refractivity contribution in [2.45, 2.75) is 20.3 Å². The lowest BCUT2D eigenvalue weighted by Crippen LogP contribution is -2.17. The van der Waals surface area contributed by atoms with E-state index in [2.05, 4.69) is 10.6 Å². The Morgan fingerprint density at radius 3 is 2.04 bits per heavy atom. The summed E-state index contributed by atoms with van der Waals surface area (Å²) in [4.78, 5) is 12.2. The fourth-order valence-corrected chi connectivity index (χ4v) is 2.72. The van der Waals surface area contributed by atoms with E-state index >= 15 is 0 Å². The van der Waals surface area contributed by atoms with Gasteiger partial charge in [0, 0.05) is 36.5 Å². The molecule has 0 aromatic heterocycles. The van der Waals surface area contributed by atoms with Gasteiger partial charge in [-0.2, -0.15) is 0 Å². The maximum atomic E-state index is 12.2. The van der Waals surface area contributed by atoms with Crippen LogP contribution in [0.4, 0.5) is 11.4 Å². The average molecular weight is 358 g/mol. The topological polar surface area (TPSA) is 68.8 Å². The van der Waals surface area contributed by atoms with Gasteiger partial charge in [-0.05, 0) is 25.0 Å². The highest BCUT2D eigenvalue weighted by molar-refractivity contribution is 5.92. The lowest BCUT2D eigenvalue weighted by atomic mass is 10.1. The van der Waals surface area contributed by atoms with Gasteiger partial charge in [-0.1, -0.05) is 18.2 Å². The zero-order valence-corrected chi connectivity index (χ0v) is 15.9. The molecule has 0 fully saturated rings. The highest BCUT2D eigenvalue weighted by atomic mass is 16.5. The monoisotopic (exact) mass is 358 g/mol. The first-order chi connectivity index (χ1) is 12.5. The molecule has 1 amide bonds. The summed E-state index contributed by atoms with van der Waals surface area (Å²) in [6.45, 7) is 4.45. The van der Waals surface area contributed by atoms with Crippen LogP contribution in [0.2, 0.25) is 0 Å². The molecule has 0 aliphatic rings. The molecule has 0 saturated carbocycles. The van der Waals surface area contributed by atoms with Crippen molar-refractivity contribution in [2.24, 2.45) is 0 Å². The first-order valence-electron chi connectivity index (χ1n) is 8.40. The van der Waals surface area contributed by atoms with Crippen LogP contribution in [0.25, 0.3) is 0 Å². The number of hydrogen-bond acceptors (Lipinski definition) is 5. The highest BCUT2D eigenvalue weighted by Crippen LogP contribution is 2.39. The third kappa shape index (κ3) is 4.59. The van der Waals surface area contributed by atoms with Gasteiger partial charge in [0.15, 0.2) is 11.5 Å². The molecular formula is C20H26N2O4. The minimum absolute atomic E-state index is 0.0395. The van der Waals surface area contributed by atoms with Crippen molar-refractivity contribution >= 4 is 17.3 Å². The highest BCUT2D eigenvalue weighted by Gasteiger charge is 2.13. The van der Waals surface area contributed by atoms with E-state index in [1.807, 2.05) is 44.2 Å². The van der Waals surface area contributed by atoms with E-state index in [9.17, 15) is 4.79 Å². The smallest absolute Gasteiger partial charge is 0.226 e. The summed E-state index contributed by atoms with van der Waals surface area (Å²) in [5.41, 5.74) is 3.77. The maximum absolute atomic E-state index is 12.2. The molecular weight excluding hydrogens is 332 g/mol. The number of carbonyl (C=O) groups is 1. The summed E-state index contributed by atoms with van der Waals surface area (Å²) in [5, 5.41) is 6.19. The summed E-state index contributed by atoms with van der Waals surface area (Å²) in [7, 11) is 4.70. The summed E-state index contributed by atoms with van der Waals surface area (Å²) in [6.07, 6.45) is 0.338. The molecule has 6 heteroatoms. The van der Waals surface area contributed by atoms with E-state index in [0.29, 0.717) is 30.2 Å². The molecule has 0 unspecified atom stereocenters. The number of ether oxygens (including phenoxy) is 3. The Kier molecular flexibility index (Phi) is 6.72. The van der Waals surface area contributed by atoms with E-state index in [1.165, 1.54) is 0 Å². The van der Waals surface area contributed by atoms with Crippen molar-refractivity contribution in [1.82, 2.24) is 0 Å². The minimum atomic E-state index is -0.0395. The van der Waals surface area contributed by atoms with Gasteiger partial charge in [-0.3, -0.25) is 4.79 Å². The number of rotatable bonds is 8. The number of benzene rings is 2. The fraction of sp³-hybridized carbons (Fsp3) is 0.350. The normalized spacial score (nSPS) is 10.2. The number of para-hydroxylation sites is 1. The van der Waals surface area contributed by atoms with Gasteiger partial charge in [0.25, 0.3) is 0 Å². The first kappa shape index (κ1) is 19.4. The molecule has 0 bridgehead atoms. The van der Waals surface area contributed by atoms with Gasteiger partial charge >= 0.3 is 0 Å². The van der Waals surface area contributed by atoms with E-state index in [4.69, 9.17) is 14.2 Å². The summed E-state index contributed by atoms with van der Waals surface area (Å²) < 4.78 is 16.0. The number of amides is 1. The second kappa shape index (κ2) is 8.99. The fourth-order valence-electron chi connectivity index (χ4n) is 2.72. The van der Waals surface area contributed by atoms with Crippen LogP contribution in [-0.4, -0.2) is 33.8 Å². The minimum Gasteiger partial charge on any atom is -0.493 e. The van der Waals surface area contributed by atoms with Crippen LogP contribution in [0.3, 0.4) is 0 Å². The predicted octanol–water partition coefficient (Wildman–Crippen LogP) is 3.77. The Bertz CT molecular complexity index is 729. The van der Waals surface area contributed by atoms with Crippen LogP contribution in [0.5, 0.6) is 17.2 Å². The predicted molar refractivity (Wildman–Crippen MR) is 104 cm³/mol. The van der Waals surface area contributed by atoms with Crippen LogP contribution in [0, 0.1) is 13.8 Å². The average Bonchev–Trinajstić information content (AvgIpc) is 2.63. The molecule has 0 radical (unpaired) electrons. The lowest BCUT2D eigenvalue weighted by molar-refractivity contribution is -0.115. The van der Waals surface area contributed by atoms with E-state index in [0.717, 1.165) is 22.5 Å². The molecule has 26 heavy (non-hydrogen) atoms. The molecule has 2 rings (SSSR count). The molecule has 0 aliphatic heterocycles. The van der Waals surface area contributed by atoms with Crippen LogP contribution in [0.1, 0.15) is 17.5 Å². The number of methoxy groups -OCH3 is 3. The largest absolute Gasteiger partial charge is 0.493 e. The molecule has 0 saturated heterocycles. The zero-order valence-electron chi connectivity index (χ0n) is 15.9. The van der Waals surface area contributed by atoms with Crippen LogP contribution < -0.4 is 24.8 Å². The molecule has 2 aromatic carbocycles. The Morgan fingerprint density at radius 1 is 0.962 bits per heavy atom. The molecule has 140 valence electrons. The van der Waals surface area contributed by atoms with E-state index < -0.39 is 0 Å². The maximum Gasteiger partial charge on any atom is 0.226 e. The van der Waals surface area contributed by atoms with Crippen LogP contribution in [0.15, 0.2) is 30.3 Å². The number of nitrogens with one attached hydrogen (secondary N) is 2. The Hall–Kier alpha value is -2.89. The summed E-state index contributed by atoms with van der Waals surface area (Å²) in [5.74, 6) is 1.62. The van der Waals surface area contributed by atoms with Gasteiger partial charge in [0.1, 0.15) is 0 Å². The number of carbonyl (C=O) groups excluding carboxylic acids is 1. The molecule has 0 spiro atoms. The van der Waals surface area contributed by atoms with Crippen molar-refractivity contribution in [3.05, 3.63) is 41.5 Å². The number of aryl methyl sites for hydroxylation is 2. The van der Waals surface area contributed by atoms with Gasteiger partial charge in [0.2, 0.25) is 11.7 Å². The molecule has 6 nitrogen and oxygen atoms in total. The Morgan fingerprint density at radius 2 is 1.54 bits per heavy atom. The molecule has 0 aliphatic carbocycles. The first-order valence-corrected chi connectivity index (χ1v) is 8.40. The third-order valence-corrected chi connectivity index (χ3v) is 4.09. The van der Waals surface area contributed by atoms with Crippen molar-refractivity contribution in [3.63, 3.8) is 0 Å². The lowest BCUT2D eigenvalue weighted by Gasteiger charge is -2.15. The van der Waals surface area contributed by atoms with Gasteiger partial charge in [0.05, 0.1) is 21.3 Å². The van der Waals surface area contributed by atoms with Crippen molar-refractivity contribution in [1.29, 1.82) is 0 Å². The summed E-state index contributed by atoms with van der Waals surface area (Å²) >= 11 is 0. The van der Waals surface area contributed by atoms with Gasteiger partial charge in [-0.25, -0.2) is 0 Å². The van der Waals surface area contributed by atoms with Gasteiger partial charge in [-0.15, -0.1) is 0 Å².